The normalized spacial score (nSPS) is 14.4. The van der Waals surface area contributed by atoms with Gasteiger partial charge in [-0.25, -0.2) is 0 Å². The quantitative estimate of drug-likeness (QED) is 0.0813. The number of hydrogen-bond acceptors (Lipinski definition) is 10. The molecule has 11 heteroatoms. The molecule has 0 radical (unpaired) electrons. The molecule has 0 aliphatic carbocycles. The maximum absolute atomic E-state index is 14.2. The van der Waals surface area contributed by atoms with E-state index in [0.29, 0.717) is 38.7 Å². The Kier molecular flexibility index (Phi) is 9.01. The highest BCUT2D eigenvalue weighted by Gasteiger charge is 2.46. The fraction of sp³-hybridized carbons (Fsp3) is 0.105. The van der Waals surface area contributed by atoms with Crippen molar-refractivity contribution in [2.24, 2.45) is 0 Å². The zero-order valence-corrected chi connectivity index (χ0v) is 28.0. The van der Waals surface area contributed by atoms with Gasteiger partial charge in [0.2, 0.25) is 5.13 Å². The van der Waals surface area contributed by atoms with Crippen LogP contribution in [0.5, 0.6) is 23.0 Å². The van der Waals surface area contributed by atoms with Crippen LogP contribution in [0.25, 0.3) is 10.8 Å². The SMILES string of the molecule is COc1ccc(C(=O)C2=C(O)C(=O)N(c3nnc(SCc4cccc5ccccc45)s3)C2c2cccc(Oc3ccccc3)c2)cc1OC. The van der Waals surface area contributed by atoms with Crippen LogP contribution in [-0.2, 0) is 10.5 Å². The average Bonchev–Trinajstić information content (AvgIpc) is 3.71. The van der Waals surface area contributed by atoms with E-state index in [1.54, 1.807) is 36.4 Å². The van der Waals surface area contributed by atoms with Gasteiger partial charge < -0.3 is 19.3 Å². The number of carbonyl (C=O) groups is 2. The molecule has 1 aromatic heterocycles. The first kappa shape index (κ1) is 31.9. The number of Topliss-reactive ketones (excluding diaryl/α,β-unsaturated/α-hetero) is 1. The number of carbonyl (C=O) groups excluding carboxylic acids is 2. The van der Waals surface area contributed by atoms with Crippen LogP contribution in [0, 0.1) is 0 Å². The predicted molar refractivity (Wildman–Crippen MR) is 190 cm³/mol. The van der Waals surface area contributed by atoms with Gasteiger partial charge in [0.25, 0.3) is 5.91 Å². The summed E-state index contributed by atoms with van der Waals surface area (Å²) in [5.41, 5.74) is 1.79. The van der Waals surface area contributed by atoms with Crippen molar-refractivity contribution in [3.63, 3.8) is 0 Å². The Labute approximate surface area is 290 Å². The summed E-state index contributed by atoms with van der Waals surface area (Å²) in [6.07, 6.45) is 0. The Morgan fingerprint density at radius 2 is 1.57 bits per heavy atom. The molecule has 0 spiro atoms. The van der Waals surface area contributed by atoms with Gasteiger partial charge in [0.15, 0.2) is 27.4 Å². The molecule has 2 heterocycles. The van der Waals surface area contributed by atoms with Crippen molar-refractivity contribution in [2.75, 3.05) is 19.1 Å². The second kappa shape index (κ2) is 13.8. The Morgan fingerprint density at radius 1 is 0.837 bits per heavy atom. The molecule has 5 aromatic carbocycles. The minimum Gasteiger partial charge on any atom is -0.503 e. The van der Waals surface area contributed by atoms with Crippen molar-refractivity contribution in [1.82, 2.24) is 10.2 Å². The lowest BCUT2D eigenvalue weighted by atomic mass is 9.92. The third-order valence-electron chi connectivity index (χ3n) is 8.08. The molecule has 0 saturated heterocycles. The molecule has 1 atom stereocenters. The molecule has 49 heavy (non-hydrogen) atoms. The van der Waals surface area contributed by atoms with Gasteiger partial charge in [-0.3, -0.25) is 14.5 Å². The molecule has 9 nitrogen and oxygen atoms in total. The number of aliphatic hydroxyl groups is 1. The second-order valence-electron chi connectivity index (χ2n) is 11.0. The molecule has 0 bridgehead atoms. The number of para-hydroxylation sites is 1. The van der Waals surface area contributed by atoms with E-state index >= 15 is 0 Å². The van der Waals surface area contributed by atoms with Crippen LogP contribution < -0.4 is 19.1 Å². The molecule has 244 valence electrons. The number of fused-ring (bicyclic) bond motifs is 1. The maximum Gasteiger partial charge on any atom is 0.296 e. The fourth-order valence-electron chi connectivity index (χ4n) is 5.77. The van der Waals surface area contributed by atoms with Gasteiger partial charge in [-0.1, -0.05) is 95.9 Å². The number of methoxy groups -OCH3 is 2. The zero-order valence-electron chi connectivity index (χ0n) is 26.4. The number of rotatable bonds is 11. The molecular weight excluding hydrogens is 659 g/mol. The first-order valence-electron chi connectivity index (χ1n) is 15.2. The number of thioether (sulfide) groups is 1. The number of aliphatic hydroxyl groups excluding tert-OH is 1. The summed E-state index contributed by atoms with van der Waals surface area (Å²) < 4.78 is 17.5. The predicted octanol–water partition coefficient (Wildman–Crippen LogP) is 8.58. The largest absolute Gasteiger partial charge is 0.503 e. The van der Waals surface area contributed by atoms with E-state index in [-0.39, 0.29) is 16.3 Å². The molecule has 1 unspecified atom stereocenters. The van der Waals surface area contributed by atoms with E-state index in [0.717, 1.165) is 16.3 Å². The molecule has 1 N–H and O–H groups in total. The first-order valence-corrected chi connectivity index (χ1v) is 17.0. The van der Waals surface area contributed by atoms with Gasteiger partial charge in [0.1, 0.15) is 11.5 Å². The smallest absolute Gasteiger partial charge is 0.296 e. The van der Waals surface area contributed by atoms with Crippen molar-refractivity contribution in [1.29, 1.82) is 0 Å². The average molecular weight is 688 g/mol. The summed E-state index contributed by atoms with van der Waals surface area (Å²) in [6, 6.07) is 34.4. The lowest BCUT2D eigenvalue weighted by Crippen LogP contribution is -2.31. The van der Waals surface area contributed by atoms with Gasteiger partial charge in [0, 0.05) is 11.3 Å². The standard InChI is InChI=1S/C38H29N3O6S2/c1-45-30-19-18-25(21-31(30)46-2)34(42)32-33(24-12-9-16-28(20-24)47-27-14-4-3-5-15-27)41(36(44)35(32)43)37-39-40-38(49-37)48-22-26-13-8-11-23-10-6-7-17-29(23)26/h3-21,33,43H,22H2,1-2H3. The van der Waals surface area contributed by atoms with E-state index in [1.165, 1.54) is 48.3 Å². The molecule has 7 rings (SSSR count). The number of benzene rings is 5. The topological polar surface area (TPSA) is 111 Å². The summed E-state index contributed by atoms with van der Waals surface area (Å²) >= 11 is 2.72. The summed E-state index contributed by atoms with van der Waals surface area (Å²) in [4.78, 5) is 29.4. The third kappa shape index (κ3) is 6.33. The Balaban J connectivity index is 1.25. The van der Waals surface area contributed by atoms with E-state index in [2.05, 4.69) is 34.5 Å². The number of aromatic nitrogens is 2. The Bertz CT molecular complexity index is 2210. The maximum atomic E-state index is 14.2. The van der Waals surface area contributed by atoms with Crippen molar-refractivity contribution in [3.8, 4) is 23.0 Å². The Morgan fingerprint density at radius 3 is 2.39 bits per heavy atom. The highest BCUT2D eigenvalue weighted by molar-refractivity contribution is 8.00. The van der Waals surface area contributed by atoms with Crippen LogP contribution in [0.1, 0.15) is 27.5 Å². The van der Waals surface area contributed by atoms with Gasteiger partial charge >= 0.3 is 0 Å². The number of ether oxygens (including phenoxy) is 3. The van der Waals surface area contributed by atoms with Crippen LogP contribution in [0.4, 0.5) is 5.13 Å². The molecule has 1 aliphatic rings. The molecule has 0 fully saturated rings. The zero-order chi connectivity index (χ0) is 33.9. The van der Waals surface area contributed by atoms with E-state index in [9.17, 15) is 14.7 Å². The van der Waals surface area contributed by atoms with Crippen LogP contribution >= 0.6 is 23.1 Å². The van der Waals surface area contributed by atoms with Crippen LogP contribution in [0.15, 0.2) is 131 Å². The Hall–Kier alpha value is -5.65. The third-order valence-corrected chi connectivity index (χ3v) is 10.2. The fourth-order valence-corrected chi connectivity index (χ4v) is 7.64. The second-order valence-corrected chi connectivity index (χ2v) is 13.2. The number of anilines is 1. The van der Waals surface area contributed by atoms with Crippen molar-refractivity contribution in [3.05, 3.63) is 143 Å². The van der Waals surface area contributed by atoms with E-state index in [4.69, 9.17) is 14.2 Å². The highest BCUT2D eigenvalue weighted by atomic mass is 32.2. The lowest BCUT2D eigenvalue weighted by Gasteiger charge is -2.24. The number of ketones is 1. The first-order chi connectivity index (χ1) is 23.9. The van der Waals surface area contributed by atoms with Crippen LogP contribution in [0.3, 0.4) is 0 Å². The highest BCUT2D eigenvalue weighted by Crippen LogP contribution is 2.45. The number of hydrogen-bond donors (Lipinski definition) is 1. The minimum absolute atomic E-state index is 0.103. The molecular formula is C38H29N3O6S2. The van der Waals surface area contributed by atoms with Crippen LogP contribution in [-0.4, -0.2) is 41.2 Å². The summed E-state index contributed by atoms with van der Waals surface area (Å²) in [5.74, 6) is 0.541. The van der Waals surface area contributed by atoms with Crippen LogP contribution in [0.2, 0.25) is 0 Å². The summed E-state index contributed by atoms with van der Waals surface area (Å²) in [7, 11) is 2.97. The van der Waals surface area contributed by atoms with Gasteiger partial charge in [-0.15, -0.1) is 10.2 Å². The van der Waals surface area contributed by atoms with E-state index < -0.39 is 23.5 Å². The summed E-state index contributed by atoms with van der Waals surface area (Å²) in [6.45, 7) is 0. The summed E-state index contributed by atoms with van der Waals surface area (Å²) in [5, 5.41) is 22.7. The number of nitrogens with zero attached hydrogens (tertiary/aromatic N) is 3. The van der Waals surface area contributed by atoms with E-state index in [1.807, 2.05) is 48.5 Å². The molecule has 0 saturated carbocycles. The van der Waals surface area contributed by atoms with Crippen molar-refractivity contribution < 1.29 is 28.9 Å². The van der Waals surface area contributed by atoms with Crippen molar-refractivity contribution in [2.45, 2.75) is 16.1 Å². The minimum atomic E-state index is -1.03. The molecule has 1 aliphatic heterocycles. The van der Waals surface area contributed by atoms with Gasteiger partial charge in [-0.05, 0) is 64.4 Å². The monoisotopic (exact) mass is 687 g/mol. The number of amides is 1. The lowest BCUT2D eigenvalue weighted by molar-refractivity contribution is -0.117. The molecule has 1 amide bonds. The molecule has 6 aromatic rings. The van der Waals surface area contributed by atoms with Gasteiger partial charge in [-0.2, -0.15) is 0 Å². The van der Waals surface area contributed by atoms with Gasteiger partial charge in [0.05, 0.1) is 25.8 Å². The van der Waals surface area contributed by atoms with Crippen molar-refractivity contribution >= 4 is 50.7 Å².